The van der Waals surface area contributed by atoms with Gasteiger partial charge in [0.05, 0.1) is 18.8 Å². The molecule has 0 bridgehead atoms. The molecule has 1 unspecified atom stereocenters. The van der Waals surface area contributed by atoms with Crippen LogP contribution in [0, 0.1) is 17.7 Å². The molecule has 1 atom stereocenters. The Kier molecular flexibility index (Phi) is 6.20. The fourth-order valence-electron chi connectivity index (χ4n) is 1.40. The van der Waals surface area contributed by atoms with Crippen LogP contribution in [0.25, 0.3) is 0 Å². The molecule has 0 radical (unpaired) electrons. The fourth-order valence-corrected chi connectivity index (χ4v) is 1.40. The largest absolute Gasteiger partial charge is 0.487 e. The van der Waals surface area contributed by atoms with Gasteiger partial charge in [0.1, 0.15) is 17.7 Å². The molecule has 0 aliphatic rings. The minimum Gasteiger partial charge on any atom is -0.487 e. The van der Waals surface area contributed by atoms with Crippen LogP contribution in [-0.2, 0) is 4.74 Å². The molecular weight excluding hydrogens is 235 g/mol. The van der Waals surface area contributed by atoms with Crippen LogP contribution in [0.5, 0.6) is 5.75 Å². The van der Waals surface area contributed by atoms with E-state index in [1.165, 1.54) is 12.1 Å². The van der Waals surface area contributed by atoms with Gasteiger partial charge in [-0.3, -0.25) is 0 Å². The van der Waals surface area contributed by atoms with Crippen LogP contribution in [0.1, 0.15) is 18.9 Å². The molecule has 1 rings (SSSR count). The third kappa shape index (κ3) is 4.74. The van der Waals surface area contributed by atoms with Crippen LogP contribution in [0.3, 0.4) is 0 Å². The highest BCUT2D eigenvalue weighted by atomic mass is 19.1. The van der Waals surface area contributed by atoms with Crippen molar-refractivity contribution in [3.8, 4) is 17.6 Å². The second-order valence-corrected chi connectivity index (χ2v) is 3.80. The summed E-state index contributed by atoms with van der Waals surface area (Å²) in [5, 5.41) is 8.66. The van der Waals surface area contributed by atoms with Gasteiger partial charge in [-0.2, -0.15) is 0 Å². The smallest absolute Gasteiger partial charge is 0.138 e. The van der Waals surface area contributed by atoms with Crippen LogP contribution in [0.15, 0.2) is 18.2 Å². The van der Waals surface area contributed by atoms with Crippen molar-refractivity contribution >= 4 is 0 Å². The lowest BCUT2D eigenvalue weighted by Gasteiger charge is -2.15. The van der Waals surface area contributed by atoms with Gasteiger partial charge in [0.2, 0.25) is 0 Å². The number of aliphatic hydroxyl groups excluding tert-OH is 1. The van der Waals surface area contributed by atoms with E-state index in [9.17, 15) is 4.39 Å². The van der Waals surface area contributed by atoms with Crippen molar-refractivity contribution < 1.29 is 19.0 Å². The normalized spacial score (nSPS) is 11.6. The first-order valence-corrected chi connectivity index (χ1v) is 5.72. The van der Waals surface area contributed by atoms with Crippen LogP contribution >= 0.6 is 0 Å². The Bertz CT molecular complexity index is 434. The van der Waals surface area contributed by atoms with Crippen LogP contribution in [-0.4, -0.2) is 31.5 Å². The van der Waals surface area contributed by atoms with Crippen molar-refractivity contribution in [1.29, 1.82) is 0 Å². The predicted octanol–water partition coefficient (Wildman–Crippen LogP) is 1.97. The number of halogens is 1. The first-order chi connectivity index (χ1) is 8.67. The number of benzene rings is 1. The zero-order chi connectivity index (χ0) is 13.4. The van der Waals surface area contributed by atoms with E-state index >= 15 is 0 Å². The van der Waals surface area contributed by atoms with E-state index in [1.54, 1.807) is 13.2 Å². The summed E-state index contributed by atoms with van der Waals surface area (Å²) < 4.78 is 23.7. The minimum atomic E-state index is -0.373. The summed E-state index contributed by atoms with van der Waals surface area (Å²) in [6.45, 7) is 2.25. The molecule has 4 heteroatoms. The summed E-state index contributed by atoms with van der Waals surface area (Å²) in [5.41, 5.74) is 0.604. The van der Waals surface area contributed by atoms with Crippen molar-refractivity contribution in [3.63, 3.8) is 0 Å². The summed E-state index contributed by atoms with van der Waals surface area (Å²) in [6.07, 6.45) is 0.194. The van der Waals surface area contributed by atoms with Gasteiger partial charge in [0.15, 0.2) is 0 Å². The van der Waals surface area contributed by atoms with Crippen molar-refractivity contribution in [1.82, 2.24) is 0 Å². The summed E-state index contributed by atoms with van der Waals surface area (Å²) in [6, 6.07) is 4.19. The summed E-state index contributed by atoms with van der Waals surface area (Å²) in [5.74, 6) is 5.65. The van der Waals surface area contributed by atoms with Gasteiger partial charge in [-0.25, -0.2) is 4.39 Å². The maximum atomic E-state index is 13.2. The Labute approximate surface area is 107 Å². The molecule has 1 N–H and O–H groups in total. The molecule has 0 aromatic heterocycles. The van der Waals surface area contributed by atoms with E-state index in [4.69, 9.17) is 14.6 Å². The van der Waals surface area contributed by atoms with Crippen molar-refractivity contribution in [2.24, 2.45) is 0 Å². The van der Waals surface area contributed by atoms with Gasteiger partial charge >= 0.3 is 0 Å². The maximum Gasteiger partial charge on any atom is 0.138 e. The topological polar surface area (TPSA) is 38.7 Å². The highest BCUT2D eigenvalue weighted by Crippen LogP contribution is 2.20. The molecule has 18 heavy (non-hydrogen) atoms. The molecule has 0 aliphatic carbocycles. The molecule has 98 valence electrons. The number of methoxy groups -OCH3 is 1. The average Bonchev–Trinajstić information content (AvgIpc) is 2.32. The Balaban J connectivity index is 2.87. The lowest BCUT2D eigenvalue weighted by atomic mass is 10.2. The first-order valence-electron chi connectivity index (χ1n) is 5.72. The number of rotatable bonds is 5. The average molecular weight is 252 g/mol. The Morgan fingerprint density at radius 2 is 2.22 bits per heavy atom. The monoisotopic (exact) mass is 252 g/mol. The minimum absolute atomic E-state index is 0.00443. The number of aliphatic hydroxyl groups is 1. The summed E-state index contributed by atoms with van der Waals surface area (Å²) in [7, 11) is 1.58. The van der Waals surface area contributed by atoms with Crippen LogP contribution in [0.4, 0.5) is 4.39 Å². The van der Waals surface area contributed by atoms with E-state index in [-0.39, 0.29) is 18.5 Å². The van der Waals surface area contributed by atoms with Crippen LogP contribution in [0.2, 0.25) is 0 Å². The van der Waals surface area contributed by atoms with Gasteiger partial charge < -0.3 is 14.6 Å². The molecule has 1 aromatic carbocycles. The third-order valence-electron chi connectivity index (χ3n) is 2.13. The SMILES string of the molecule is COCC(C)Oc1cc(F)ccc1C#CCCO. The van der Waals surface area contributed by atoms with Gasteiger partial charge in [0.25, 0.3) is 0 Å². The lowest BCUT2D eigenvalue weighted by molar-refractivity contribution is 0.0917. The molecule has 0 aliphatic heterocycles. The predicted molar refractivity (Wildman–Crippen MR) is 66.9 cm³/mol. The second kappa shape index (κ2) is 7.70. The molecule has 0 heterocycles. The molecule has 0 saturated heterocycles. The summed E-state index contributed by atoms with van der Waals surface area (Å²) >= 11 is 0. The fraction of sp³-hybridized carbons (Fsp3) is 0.429. The first kappa shape index (κ1) is 14.5. The Morgan fingerprint density at radius 1 is 1.44 bits per heavy atom. The molecule has 0 spiro atoms. The van der Waals surface area contributed by atoms with Gasteiger partial charge in [-0.05, 0) is 19.1 Å². The summed E-state index contributed by atoms with van der Waals surface area (Å²) in [4.78, 5) is 0. The molecule has 0 fully saturated rings. The Hall–Kier alpha value is -1.57. The standard InChI is InChI=1S/C14H17FO3/c1-11(10-17-2)18-14-9-13(15)7-6-12(14)5-3-4-8-16/h6-7,9,11,16H,4,8,10H2,1-2H3. The van der Waals surface area contributed by atoms with E-state index in [0.29, 0.717) is 24.3 Å². The van der Waals surface area contributed by atoms with Gasteiger partial charge in [-0.1, -0.05) is 11.8 Å². The van der Waals surface area contributed by atoms with E-state index in [0.717, 1.165) is 0 Å². The maximum absolute atomic E-state index is 13.2. The Morgan fingerprint density at radius 3 is 2.89 bits per heavy atom. The number of hydrogen-bond donors (Lipinski definition) is 1. The number of ether oxygens (including phenoxy) is 2. The van der Waals surface area contributed by atoms with Gasteiger partial charge in [-0.15, -0.1) is 0 Å². The number of hydrogen-bond acceptors (Lipinski definition) is 3. The van der Waals surface area contributed by atoms with E-state index < -0.39 is 0 Å². The zero-order valence-electron chi connectivity index (χ0n) is 10.6. The quantitative estimate of drug-likeness (QED) is 0.814. The third-order valence-corrected chi connectivity index (χ3v) is 2.13. The molecular formula is C14H17FO3. The zero-order valence-corrected chi connectivity index (χ0v) is 10.6. The molecule has 3 nitrogen and oxygen atoms in total. The molecule has 1 aromatic rings. The van der Waals surface area contributed by atoms with Gasteiger partial charge in [0, 0.05) is 19.6 Å². The molecule has 0 saturated carbocycles. The van der Waals surface area contributed by atoms with E-state index in [1.807, 2.05) is 6.92 Å². The highest BCUT2D eigenvalue weighted by Gasteiger charge is 2.08. The van der Waals surface area contributed by atoms with Crippen molar-refractivity contribution in [2.45, 2.75) is 19.4 Å². The second-order valence-electron chi connectivity index (χ2n) is 3.80. The lowest BCUT2D eigenvalue weighted by Crippen LogP contribution is -2.18. The van der Waals surface area contributed by atoms with Crippen molar-refractivity contribution in [2.75, 3.05) is 20.3 Å². The van der Waals surface area contributed by atoms with Crippen LogP contribution < -0.4 is 4.74 Å². The molecule has 0 amide bonds. The van der Waals surface area contributed by atoms with Crippen molar-refractivity contribution in [3.05, 3.63) is 29.6 Å². The highest BCUT2D eigenvalue weighted by molar-refractivity contribution is 5.46. The van der Waals surface area contributed by atoms with E-state index in [2.05, 4.69) is 11.8 Å².